The van der Waals surface area contributed by atoms with Crippen LogP contribution in [0, 0.1) is 11.8 Å². The van der Waals surface area contributed by atoms with Crippen molar-refractivity contribution >= 4 is 11.6 Å². The van der Waals surface area contributed by atoms with Gasteiger partial charge in [0.1, 0.15) is 0 Å². The molecule has 0 spiro atoms. The van der Waals surface area contributed by atoms with Crippen molar-refractivity contribution in [3.05, 3.63) is 11.9 Å². The minimum atomic E-state index is -0.165. The molecule has 2 rings (SSSR count). The van der Waals surface area contributed by atoms with Gasteiger partial charge in [-0.05, 0) is 18.3 Å². The van der Waals surface area contributed by atoms with Gasteiger partial charge in [-0.3, -0.25) is 9.48 Å². The molecule has 1 aromatic heterocycles. The molecule has 1 aliphatic rings. The number of aryl methyl sites for hydroxylation is 1. The molecule has 2 atom stereocenters. The van der Waals surface area contributed by atoms with Gasteiger partial charge in [-0.25, -0.2) is 0 Å². The highest BCUT2D eigenvalue weighted by molar-refractivity contribution is 5.96. The first-order chi connectivity index (χ1) is 8.08. The Morgan fingerprint density at radius 3 is 2.94 bits per heavy atom. The first kappa shape index (κ1) is 12.0. The lowest BCUT2D eigenvalue weighted by atomic mass is 9.98. The maximum Gasteiger partial charge on any atom is 0.273 e. The fourth-order valence-corrected chi connectivity index (χ4v) is 2.52. The fourth-order valence-electron chi connectivity index (χ4n) is 2.52. The van der Waals surface area contributed by atoms with Crippen molar-refractivity contribution in [2.45, 2.75) is 26.2 Å². The van der Waals surface area contributed by atoms with Gasteiger partial charge in [0.05, 0.1) is 5.69 Å². The van der Waals surface area contributed by atoms with Crippen LogP contribution in [0.25, 0.3) is 0 Å². The minimum absolute atomic E-state index is 0.165. The number of hydrogen-bond acceptors (Lipinski definition) is 3. The van der Waals surface area contributed by atoms with Crippen molar-refractivity contribution in [1.82, 2.24) is 15.1 Å². The summed E-state index contributed by atoms with van der Waals surface area (Å²) in [6.07, 6.45) is 5.39. The van der Waals surface area contributed by atoms with Gasteiger partial charge in [0.15, 0.2) is 5.69 Å². The number of rotatable bonds is 3. The van der Waals surface area contributed by atoms with E-state index in [-0.39, 0.29) is 5.91 Å². The van der Waals surface area contributed by atoms with E-state index < -0.39 is 0 Å². The lowest BCUT2D eigenvalue weighted by Gasteiger charge is -2.15. The summed E-state index contributed by atoms with van der Waals surface area (Å²) in [5.74, 6) is 1.14. The second kappa shape index (κ2) is 4.77. The van der Waals surface area contributed by atoms with Crippen molar-refractivity contribution in [1.29, 1.82) is 0 Å². The molecule has 1 aromatic rings. The van der Waals surface area contributed by atoms with E-state index in [0.29, 0.717) is 23.2 Å². The third-order valence-electron chi connectivity index (χ3n) is 3.64. The van der Waals surface area contributed by atoms with E-state index in [9.17, 15) is 4.79 Å². The van der Waals surface area contributed by atoms with Crippen LogP contribution >= 0.6 is 0 Å². The number of nitrogens with two attached hydrogens (primary N) is 1. The van der Waals surface area contributed by atoms with Crippen molar-refractivity contribution < 1.29 is 4.79 Å². The summed E-state index contributed by atoms with van der Waals surface area (Å²) in [6.45, 7) is 2.98. The molecule has 0 radical (unpaired) electrons. The number of aromatic nitrogens is 2. The molecule has 1 heterocycles. The summed E-state index contributed by atoms with van der Waals surface area (Å²) in [4.78, 5) is 11.9. The van der Waals surface area contributed by atoms with Crippen LogP contribution in [0.2, 0.25) is 0 Å². The van der Waals surface area contributed by atoms with Crippen LogP contribution in [-0.2, 0) is 7.05 Å². The summed E-state index contributed by atoms with van der Waals surface area (Å²) in [5, 5.41) is 6.98. The molecule has 1 fully saturated rings. The van der Waals surface area contributed by atoms with E-state index in [2.05, 4.69) is 17.3 Å². The largest absolute Gasteiger partial charge is 0.396 e. The minimum Gasteiger partial charge on any atom is -0.396 e. The van der Waals surface area contributed by atoms with Gasteiger partial charge >= 0.3 is 0 Å². The molecule has 0 aliphatic heterocycles. The first-order valence-electron chi connectivity index (χ1n) is 6.15. The summed E-state index contributed by atoms with van der Waals surface area (Å²) < 4.78 is 1.56. The van der Waals surface area contributed by atoms with E-state index in [4.69, 9.17) is 5.73 Å². The standard InChI is InChI=1S/C12H20N4O/c1-8-4-3-5-9(8)6-14-12(17)11-10(13)7-16(2)15-11/h7-9H,3-6,13H2,1-2H3,(H,14,17). The van der Waals surface area contributed by atoms with Gasteiger partial charge in [0.25, 0.3) is 5.91 Å². The summed E-state index contributed by atoms with van der Waals surface area (Å²) in [7, 11) is 1.76. The molecule has 3 N–H and O–H groups in total. The lowest BCUT2D eigenvalue weighted by molar-refractivity contribution is 0.0940. The lowest BCUT2D eigenvalue weighted by Crippen LogP contribution is -2.31. The Morgan fingerprint density at radius 1 is 1.65 bits per heavy atom. The Labute approximate surface area is 101 Å². The molecule has 0 saturated heterocycles. The smallest absolute Gasteiger partial charge is 0.273 e. The van der Waals surface area contributed by atoms with Crippen LogP contribution in [0.3, 0.4) is 0 Å². The number of anilines is 1. The van der Waals surface area contributed by atoms with Crippen molar-refractivity contribution in [3.8, 4) is 0 Å². The van der Waals surface area contributed by atoms with E-state index in [1.54, 1.807) is 17.9 Å². The van der Waals surface area contributed by atoms with E-state index in [0.717, 1.165) is 6.54 Å². The first-order valence-corrected chi connectivity index (χ1v) is 6.15. The monoisotopic (exact) mass is 236 g/mol. The number of carbonyl (C=O) groups excluding carboxylic acids is 1. The Kier molecular flexibility index (Phi) is 3.36. The number of nitrogens with zero attached hydrogens (tertiary/aromatic N) is 2. The van der Waals surface area contributed by atoms with Crippen molar-refractivity contribution in [3.63, 3.8) is 0 Å². The Balaban J connectivity index is 1.91. The number of amides is 1. The van der Waals surface area contributed by atoms with Gasteiger partial charge < -0.3 is 11.1 Å². The Bertz CT molecular complexity index is 413. The van der Waals surface area contributed by atoms with Crippen LogP contribution in [0.15, 0.2) is 6.20 Å². The highest BCUT2D eigenvalue weighted by Crippen LogP contribution is 2.30. The second-order valence-electron chi connectivity index (χ2n) is 4.99. The molecule has 5 nitrogen and oxygen atoms in total. The van der Waals surface area contributed by atoms with Crippen LogP contribution in [0.5, 0.6) is 0 Å². The van der Waals surface area contributed by atoms with Gasteiger partial charge in [-0.15, -0.1) is 0 Å². The van der Waals surface area contributed by atoms with E-state index >= 15 is 0 Å². The number of nitrogen functional groups attached to an aromatic ring is 1. The highest BCUT2D eigenvalue weighted by atomic mass is 16.2. The Morgan fingerprint density at radius 2 is 2.41 bits per heavy atom. The molecular weight excluding hydrogens is 216 g/mol. The van der Waals surface area contributed by atoms with Crippen LogP contribution in [-0.4, -0.2) is 22.2 Å². The van der Waals surface area contributed by atoms with Gasteiger partial charge in [-0.2, -0.15) is 5.10 Å². The van der Waals surface area contributed by atoms with Crippen molar-refractivity contribution in [2.75, 3.05) is 12.3 Å². The maximum absolute atomic E-state index is 11.9. The zero-order valence-electron chi connectivity index (χ0n) is 10.4. The predicted octanol–water partition coefficient (Wildman–Crippen LogP) is 1.17. The topological polar surface area (TPSA) is 72.9 Å². The number of nitrogens with one attached hydrogen (secondary N) is 1. The zero-order chi connectivity index (χ0) is 12.4. The zero-order valence-corrected chi connectivity index (χ0v) is 10.4. The summed E-state index contributed by atoms with van der Waals surface area (Å²) in [6, 6.07) is 0. The van der Waals surface area contributed by atoms with Crippen LogP contribution in [0.1, 0.15) is 36.7 Å². The van der Waals surface area contributed by atoms with Crippen molar-refractivity contribution in [2.24, 2.45) is 18.9 Å². The average Bonchev–Trinajstić information content (AvgIpc) is 2.81. The molecule has 5 heteroatoms. The third kappa shape index (κ3) is 2.60. The molecule has 1 aliphatic carbocycles. The molecule has 2 unspecified atom stereocenters. The molecular formula is C12H20N4O. The quantitative estimate of drug-likeness (QED) is 0.827. The predicted molar refractivity (Wildman–Crippen MR) is 66.5 cm³/mol. The molecule has 0 aromatic carbocycles. The molecule has 0 bridgehead atoms. The molecule has 17 heavy (non-hydrogen) atoms. The van der Waals surface area contributed by atoms with E-state index in [1.165, 1.54) is 19.3 Å². The summed E-state index contributed by atoms with van der Waals surface area (Å²) >= 11 is 0. The number of carbonyl (C=O) groups is 1. The highest BCUT2D eigenvalue weighted by Gasteiger charge is 2.24. The molecule has 94 valence electrons. The van der Waals surface area contributed by atoms with Gasteiger partial charge in [0, 0.05) is 19.8 Å². The maximum atomic E-state index is 11.9. The third-order valence-corrected chi connectivity index (χ3v) is 3.64. The second-order valence-corrected chi connectivity index (χ2v) is 4.99. The SMILES string of the molecule is CC1CCCC1CNC(=O)c1nn(C)cc1N. The normalized spacial score (nSPS) is 23.9. The average molecular weight is 236 g/mol. The Hall–Kier alpha value is -1.52. The molecule has 1 saturated carbocycles. The summed E-state index contributed by atoms with van der Waals surface area (Å²) in [5.41, 5.74) is 6.48. The van der Waals surface area contributed by atoms with Gasteiger partial charge in [0.2, 0.25) is 0 Å². The van der Waals surface area contributed by atoms with Gasteiger partial charge in [-0.1, -0.05) is 19.8 Å². The van der Waals surface area contributed by atoms with Crippen LogP contribution < -0.4 is 11.1 Å². The fraction of sp³-hybridized carbons (Fsp3) is 0.667. The van der Waals surface area contributed by atoms with E-state index in [1.807, 2.05) is 0 Å². The molecule has 1 amide bonds. The number of hydrogen-bond donors (Lipinski definition) is 2. The van der Waals surface area contributed by atoms with Crippen LogP contribution in [0.4, 0.5) is 5.69 Å².